The summed E-state index contributed by atoms with van der Waals surface area (Å²) in [5.74, 6) is 2.01. The maximum atomic E-state index is 5.66. The Kier molecular flexibility index (Phi) is 6.38. The van der Waals surface area contributed by atoms with Crippen LogP contribution in [0.3, 0.4) is 0 Å². The number of piperidine rings is 1. The molecule has 126 valence electrons. The van der Waals surface area contributed by atoms with Crippen LogP contribution in [-0.2, 0) is 16.8 Å². The molecule has 7 heteroatoms. The molecule has 1 aliphatic rings. The maximum absolute atomic E-state index is 5.66. The minimum absolute atomic E-state index is 0. The highest BCUT2D eigenvalue weighted by Gasteiger charge is 2.39. The largest absolute Gasteiger partial charge is 0.485 e. The second kappa shape index (κ2) is 8.29. The third-order valence-corrected chi connectivity index (χ3v) is 4.01. The minimum atomic E-state index is -0.183. The van der Waals surface area contributed by atoms with E-state index >= 15 is 0 Å². The summed E-state index contributed by atoms with van der Waals surface area (Å²) in [7, 11) is 1.71. The van der Waals surface area contributed by atoms with Crippen molar-refractivity contribution in [2.45, 2.75) is 24.9 Å². The van der Waals surface area contributed by atoms with Crippen LogP contribution in [0, 0.1) is 0 Å². The number of hydrogen-bond donors (Lipinski definition) is 1. The summed E-state index contributed by atoms with van der Waals surface area (Å²) in [5, 5.41) is 7.40. The lowest BCUT2D eigenvalue weighted by Gasteiger charge is -2.33. The Labute approximate surface area is 142 Å². The zero-order chi connectivity index (χ0) is 15.3. The predicted molar refractivity (Wildman–Crippen MR) is 88.0 cm³/mol. The lowest BCUT2D eigenvalue weighted by molar-refractivity contribution is 0.0849. The second-order valence-electron chi connectivity index (χ2n) is 5.58. The number of methoxy groups -OCH3 is 1. The van der Waals surface area contributed by atoms with E-state index in [0.29, 0.717) is 24.9 Å². The molecule has 1 aromatic carbocycles. The van der Waals surface area contributed by atoms with Gasteiger partial charge in [-0.1, -0.05) is 23.4 Å². The van der Waals surface area contributed by atoms with Gasteiger partial charge in [0.05, 0.1) is 12.0 Å². The highest BCUT2D eigenvalue weighted by molar-refractivity contribution is 5.85. The van der Waals surface area contributed by atoms with Crippen LogP contribution >= 0.6 is 12.4 Å². The molecule has 0 unspecified atom stereocenters. The van der Waals surface area contributed by atoms with Crippen LogP contribution in [0.2, 0.25) is 0 Å². The molecule has 1 aromatic heterocycles. The molecule has 0 aliphatic carbocycles. The van der Waals surface area contributed by atoms with E-state index in [9.17, 15) is 0 Å². The summed E-state index contributed by atoms with van der Waals surface area (Å²) in [6, 6.07) is 9.62. The fourth-order valence-electron chi connectivity index (χ4n) is 2.79. The van der Waals surface area contributed by atoms with Gasteiger partial charge in [0, 0.05) is 7.11 Å². The summed E-state index contributed by atoms with van der Waals surface area (Å²) >= 11 is 0. The summed E-state index contributed by atoms with van der Waals surface area (Å²) in [6.45, 7) is 2.76. The highest BCUT2D eigenvalue weighted by Crippen LogP contribution is 2.32. The van der Waals surface area contributed by atoms with Gasteiger partial charge in [0.25, 0.3) is 0 Å². The molecule has 3 rings (SSSR count). The van der Waals surface area contributed by atoms with E-state index in [1.54, 1.807) is 7.11 Å². The molecule has 2 heterocycles. The first kappa shape index (κ1) is 17.7. The van der Waals surface area contributed by atoms with Crippen molar-refractivity contribution < 1.29 is 14.0 Å². The average molecular weight is 340 g/mol. The van der Waals surface area contributed by atoms with Gasteiger partial charge >= 0.3 is 0 Å². The molecule has 1 N–H and O–H groups in total. The standard InChI is InChI=1S/C16H21N3O3.ClH/c1-20-12-16(7-9-17-10-8-16)15-18-14(19-22-15)11-21-13-5-3-2-4-6-13;/h2-6,17H,7-12H2,1H3;1H. The van der Waals surface area contributed by atoms with Gasteiger partial charge in [-0.05, 0) is 38.1 Å². The minimum Gasteiger partial charge on any atom is -0.485 e. The molecule has 1 fully saturated rings. The molecule has 0 atom stereocenters. The van der Waals surface area contributed by atoms with Gasteiger partial charge < -0.3 is 19.3 Å². The second-order valence-corrected chi connectivity index (χ2v) is 5.58. The first-order chi connectivity index (χ1) is 10.8. The van der Waals surface area contributed by atoms with Gasteiger partial charge in [-0.3, -0.25) is 0 Å². The summed E-state index contributed by atoms with van der Waals surface area (Å²) in [6.07, 6.45) is 1.87. The van der Waals surface area contributed by atoms with Crippen LogP contribution in [0.25, 0.3) is 0 Å². The Bertz CT molecular complexity index is 580. The lowest BCUT2D eigenvalue weighted by Crippen LogP contribution is -2.43. The SMILES string of the molecule is COCC1(c2nc(COc3ccccc3)no2)CCNCC1.Cl. The lowest BCUT2D eigenvalue weighted by atomic mass is 9.79. The number of nitrogens with one attached hydrogen (secondary N) is 1. The molecule has 0 radical (unpaired) electrons. The fourth-order valence-corrected chi connectivity index (χ4v) is 2.79. The Hall–Kier alpha value is -1.63. The Morgan fingerprint density at radius 2 is 1.96 bits per heavy atom. The van der Waals surface area contributed by atoms with Gasteiger partial charge in [-0.2, -0.15) is 4.98 Å². The third kappa shape index (κ3) is 4.22. The van der Waals surface area contributed by atoms with Crippen molar-refractivity contribution in [2.75, 3.05) is 26.8 Å². The number of hydrogen-bond acceptors (Lipinski definition) is 6. The number of para-hydroxylation sites is 1. The molecule has 0 amide bonds. The number of nitrogens with zero attached hydrogens (tertiary/aromatic N) is 2. The smallest absolute Gasteiger partial charge is 0.235 e. The van der Waals surface area contributed by atoms with Gasteiger partial charge in [0.2, 0.25) is 11.7 Å². The molecule has 6 nitrogen and oxygen atoms in total. The molecule has 2 aromatic rings. The molecule has 1 saturated heterocycles. The number of rotatable bonds is 6. The third-order valence-electron chi connectivity index (χ3n) is 4.01. The highest BCUT2D eigenvalue weighted by atomic mass is 35.5. The van der Waals surface area contributed by atoms with Gasteiger partial charge in [0.1, 0.15) is 5.75 Å². The first-order valence-electron chi connectivity index (χ1n) is 7.53. The topological polar surface area (TPSA) is 69.4 Å². The van der Waals surface area contributed by atoms with Crippen LogP contribution in [0.1, 0.15) is 24.6 Å². The molecule has 0 bridgehead atoms. The van der Waals surface area contributed by atoms with Gasteiger partial charge in [-0.25, -0.2) is 0 Å². The van der Waals surface area contributed by atoms with Crippen molar-refractivity contribution in [1.82, 2.24) is 15.5 Å². The molecular weight excluding hydrogens is 318 g/mol. The van der Waals surface area contributed by atoms with E-state index in [-0.39, 0.29) is 17.8 Å². The Morgan fingerprint density at radius 1 is 1.22 bits per heavy atom. The van der Waals surface area contributed by atoms with E-state index in [0.717, 1.165) is 31.7 Å². The quantitative estimate of drug-likeness (QED) is 0.871. The zero-order valence-corrected chi connectivity index (χ0v) is 14.0. The average Bonchev–Trinajstić information content (AvgIpc) is 3.05. The molecule has 0 spiro atoms. The number of aromatic nitrogens is 2. The molecule has 1 aliphatic heterocycles. The van der Waals surface area contributed by atoms with Gasteiger partial charge in [-0.15, -0.1) is 12.4 Å². The van der Waals surface area contributed by atoms with Crippen molar-refractivity contribution in [1.29, 1.82) is 0 Å². The zero-order valence-electron chi connectivity index (χ0n) is 13.2. The summed E-state index contributed by atoms with van der Waals surface area (Å²) in [4.78, 5) is 4.53. The molecular formula is C16H22ClN3O3. The van der Waals surface area contributed by atoms with Crippen molar-refractivity contribution >= 4 is 12.4 Å². The first-order valence-corrected chi connectivity index (χ1v) is 7.53. The van der Waals surface area contributed by atoms with Crippen molar-refractivity contribution in [3.63, 3.8) is 0 Å². The molecule has 23 heavy (non-hydrogen) atoms. The predicted octanol–water partition coefficient (Wildman–Crippen LogP) is 2.34. The van der Waals surface area contributed by atoms with Crippen molar-refractivity contribution in [3.8, 4) is 5.75 Å². The monoisotopic (exact) mass is 339 g/mol. The number of halogens is 1. The van der Waals surface area contributed by atoms with Crippen LogP contribution in [0.4, 0.5) is 0 Å². The van der Waals surface area contributed by atoms with E-state index in [1.807, 2.05) is 30.3 Å². The van der Waals surface area contributed by atoms with E-state index in [1.165, 1.54) is 0 Å². The van der Waals surface area contributed by atoms with Crippen molar-refractivity contribution in [2.24, 2.45) is 0 Å². The number of benzene rings is 1. The van der Waals surface area contributed by atoms with Gasteiger partial charge in [0.15, 0.2) is 6.61 Å². The van der Waals surface area contributed by atoms with Crippen LogP contribution in [0.5, 0.6) is 5.75 Å². The maximum Gasteiger partial charge on any atom is 0.235 e. The Morgan fingerprint density at radius 3 is 2.65 bits per heavy atom. The Balaban J connectivity index is 0.00000192. The van der Waals surface area contributed by atoms with E-state index in [2.05, 4.69) is 15.5 Å². The van der Waals surface area contributed by atoms with Crippen molar-refractivity contribution in [3.05, 3.63) is 42.0 Å². The van der Waals surface area contributed by atoms with E-state index in [4.69, 9.17) is 14.0 Å². The summed E-state index contributed by atoms with van der Waals surface area (Å²) in [5.41, 5.74) is -0.183. The van der Waals surface area contributed by atoms with Crippen LogP contribution in [0.15, 0.2) is 34.9 Å². The molecule has 0 saturated carbocycles. The normalized spacial score (nSPS) is 16.6. The fraction of sp³-hybridized carbons (Fsp3) is 0.500. The van der Waals surface area contributed by atoms with E-state index < -0.39 is 0 Å². The number of ether oxygens (including phenoxy) is 2. The summed E-state index contributed by atoms with van der Waals surface area (Å²) < 4.78 is 16.5. The van der Waals surface area contributed by atoms with Crippen LogP contribution in [-0.4, -0.2) is 36.9 Å². The van der Waals surface area contributed by atoms with Crippen LogP contribution < -0.4 is 10.1 Å².